The van der Waals surface area contributed by atoms with Gasteiger partial charge >= 0.3 is 5.97 Å². The highest BCUT2D eigenvalue weighted by molar-refractivity contribution is 5.95. The number of carboxylic acids is 1. The second-order valence-electron chi connectivity index (χ2n) is 9.20. The lowest BCUT2D eigenvalue weighted by Crippen LogP contribution is -2.34. The van der Waals surface area contributed by atoms with E-state index in [1.54, 1.807) is 72.8 Å². The van der Waals surface area contributed by atoms with E-state index in [0.29, 0.717) is 59.6 Å². The number of nitriles is 1. The average Bonchev–Trinajstić information content (AvgIpc) is 2.96. The summed E-state index contributed by atoms with van der Waals surface area (Å²) in [6, 6.07) is 22.3. The van der Waals surface area contributed by atoms with E-state index in [4.69, 9.17) is 14.6 Å². The van der Waals surface area contributed by atoms with E-state index in [1.807, 2.05) is 0 Å². The van der Waals surface area contributed by atoms with E-state index in [0.717, 1.165) is 0 Å². The first-order valence-electron chi connectivity index (χ1n) is 12.8. The molecule has 0 atom stereocenters. The van der Waals surface area contributed by atoms with Crippen molar-refractivity contribution in [2.24, 2.45) is 5.92 Å². The molecule has 3 aromatic rings. The molecule has 9 nitrogen and oxygen atoms in total. The molecule has 2 amide bonds. The van der Waals surface area contributed by atoms with Crippen molar-refractivity contribution in [1.29, 1.82) is 5.26 Å². The topological polar surface area (TPSA) is 138 Å². The molecule has 0 spiro atoms. The summed E-state index contributed by atoms with van der Waals surface area (Å²) in [5, 5.41) is 23.8. The Morgan fingerprint density at radius 1 is 0.795 bits per heavy atom. The smallest absolute Gasteiger partial charge is 0.306 e. The number of hydrogen-bond donors (Lipinski definition) is 3. The highest BCUT2D eigenvalue weighted by Crippen LogP contribution is 2.28. The Labute approximate surface area is 226 Å². The molecule has 1 aliphatic rings. The molecule has 0 saturated heterocycles. The summed E-state index contributed by atoms with van der Waals surface area (Å²) in [6.45, 7) is 0.500. The van der Waals surface area contributed by atoms with Crippen LogP contribution in [0.3, 0.4) is 0 Å². The quantitative estimate of drug-likeness (QED) is 0.329. The van der Waals surface area contributed by atoms with Gasteiger partial charge in [0.25, 0.3) is 11.8 Å². The number of ether oxygens (including phenoxy) is 2. The molecule has 0 heterocycles. The SMILES string of the molecule is N#Cc1ccccc1Oc1ccc(C(=O)NCCNC(=O)c2ccc(O[C@H]3CC[C@@H](C(=O)O)CC3)cc2)cc1. The van der Waals surface area contributed by atoms with Gasteiger partial charge in [0.15, 0.2) is 0 Å². The van der Waals surface area contributed by atoms with Gasteiger partial charge in [-0.15, -0.1) is 0 Å². The fourth-order valence-electron chi connectivity index (χ4n) is 4.31. The zero-order valence-corrected chi connectivity index (χ0v) is 21.3. The molecule has 0 unspecified atom stereocenters. The third-order valence-electron chi connectivity index (χ3n) is 6.49. The maximum atomic E-state index is 12.4. The number of benzene rings is 3. The van der Waals surface area contributed by atoms with Crippen LogP contribution in [0.4, 0.5) is 0 Å². The standard InChI is InChI=1S/C30H29N3O6/c31-19-23-3-1-2-4-27(23)39-26-13-7-21(8-14-26)29(35)33-18-17-32-28(34)20-5-11-24(12-6-20)38-25-15-9-22(10-16-25)30(36)37/h1-8,11-14,22,25H,9-10,15-18H2,(H,32,34)(H,33,35)(H,36,37)/t22-,25+. The number of carboxylic acid groups (broad SMARTS) is 1. The predicted molar refractivity (Wildman–Crippen MR) is 143 cm³/mol. The fraction of sp³-hybridized carbons (Fsp3) is 0.267. The molecule has 3 N–H and O–H groups in total. The molecule has 1 aliphatic carbocycles. The van der Waals surface area contributed by atoms with Gasteiger partial charge in [0.05, 0.1) is 17.6 Å². The largest absolute Gasteiger partial charge is 0.490 e. The number of amides is 2. The zero-order valence-electron chi connectivity index (χ0n) is 21.3. The molecule has 4 rings (SSSR count). The average molecular weight is 528 g/mol. The molecule has 3 aromatic carbocycles. The van der Waals surface area contributed by atoms with E-state index < -0.39 is 5.97 Å². The molecule has 1 saturated carbocycles. The number of rotatable bonds is 10. The summed E-state index contributed by atoms with van der Waals surface area (Å²) in [4.78, 5) is 36.0. The van der Waals surface area contributed by atoms with Crippen LogP contribution in [0.25, 0.3) is 0 Å². The monoisotopic (exact) mass is 527 g/mol. The van der Waals surface area contributed by atoms with Crippen LogP contribution >= 0.6 is 0 Å². The molecular formula is C30H29N3O6. The van der Waals surface area contributed by atoms with Gasteiger partial charge in [0, 0.05) is 24.2 Å². The van der Waals surface area contributed by atoms with Crippen LogP contribution in [0.15, 0.2) is 72.8 Å². The van der Waals surface area contributed by atoms with E-state index >= 15 is 0 Å². The normalized spacial score (nSPS) is 16.4. The minimum absolute atomic E-state index is 0.0205. The number of carbonyl (C=O) groups is 3. The van der Waals surface area contributed by atoms with Crippen LogP contribution in [0.1, 0.15) is 52.0 Å². The predicted octanol–water partition coefficient (Wildman–Crippen LogP) is 4.53. The molecule has 200 valence electrons. The maximum Gasteiger partial charge on any atom is 0.306 e. The molecule has 39 heavy (non-hydrogen) atoms. The first-order valence-corrected chi connectivity index (χ1v) is 12.8. The van der Waals surface area contributed by atoms with Crippen molar-refractivity contribution >= 4 is 17.8 Å². The summed E-state index contributed by atoms with van der Waals surface area (Å²) in [7, 11) is 0. The molecule has 0 radical (unpaired) electrons. The minimum atomic E-state index is -0.747. The second kappa shape index (κ2) is 13.1. The first kappa shape index (κ1) is 27.2. The molecule has 0 aromatic heterocycles. The van der Waals surface area contributed by atoms with Gasteiger partial charge in [-0.25, -0.2) is 0 Å². The summed E-state index contributed by atoms with van der Waals surface area (Å²) in [6.07, 6.45) is 2.58. The van der Waals surface area contributed by atoms with Crippen LogP contribution in [0, 0.1) is 17.2 Å². The van der Waals surface area contributed by atoms with Crippen molar-refractivity contribution in [2.75, 3.05) is 13.1 Å². The maximum absolute atomic E-state index is 12.4. The Bertz CT molecular complexity index is 1340. The van der Waals surface area contributed by atoms with Crippen LogP contribution < -0.4 is 20.1 Å². The Morgan fingerprint density at radius 3 is 1.87 bits per heavy atom. The molecule has 1 fully saturated rings. The van der Waals surface area contributed by atoms with Gasteiger partial charge in [-0.1, -0.05) is 12.1 Å². The van der Waals surface area contributed by atoms with E-state index in [2.05, 4.69) is 16.7 Å². The fourth-order valence-corrected chi connectivity index (χ4v) is 4.31. The van der Waals surface area contributed by atoms with Crippen molar-refractivity contribution in [3.8, 4) is 23.3 Å². The van der Waals surface area contributed by atoms with Crippen molar-refractivity contribution in [2.45, 2.75) is 31.8 Å². The Balaban J connectivity index is 1.17. The Morgan fingerprint density at radius 2 is 1.33 bits per heavy atom. The molecule has 0 bridgehead atoms. The Hall–Kier alpha value is -4.84. The zero-order chi connectivity index (χ0) is 27.6. The van der Waals surface area contributed by atoms with Gasteiger partial charge in [-0.3, -0.25) is 14.4 Å². The van der Waals surface area contributed by atoms with Crippen LogP contribution in [0.2, 0.25) is 0 Å². The number of nitrogens with zero attached hydrogens (tertiary/aromatic N) is 1. The number of aliphatic carboxylic acids is 1. The molecule has 0 aliphatic heterocycles. The Kier molecular flexibility index (Phi) is 9.14. The first-order chi connectivity index (χ1) is 18.9. The van der Waals surface area contributed by atoms with Crippen molar-refractivity contribution in [3.63, 3.8) is 0 Å². The number of hydrogen-bond acceptors (Lipinski definition) is 6. The highest BCUT2D eigenvalue weighted by atomic mass is 16.5. The summed E-state index contributed by atoms with van der Waals surface area (Å²) in [5.41, 5.74) is 1.33. The number of carbonyl (C=O) groups excluding carboxylic acids is 2. The molecule has 9 heteroatoms. The van der Waals surface area contributed by atoms with Crippen molar-refractivity contribution < 1.29 is 29.0 Å². The summed E-state index contributed by atoms with van der Waals surface area (Å²) in [5.74, 6) is -0.00509. The summed E-state index contributed by atoms with van der Waals surface area (Å²) < 4.78 is 11.7. The van der Waals surface area contributed by atoms with E-state index in [-0.39, 0.29) is 36.9 Å². The van der Waals surface area contributed by atoms with Crippen molar-refractivity contribution in [3.05, 3.63) is 89.5 Å². The number of nitrogens with one attached hydrogen (secondary N) is 2. The molecular weight excluding hydrogens is 498 g/mol. The lowest BCUT2D eigenvalue weighted by Gasteiger charge is -2.26. The van der Waals surface area contributed by atoms with Crippen LogP contribution in [0.5, 0.6) is 17.2 Å². The van der Waals surface area contributed by atoms with Crippen LogP contribution in [-0.2, 0) is 4.79 Å². The summed E-state index contributed by atoms with van der Waals surface area (Å²) >= 11 is 0. The van der Waals surface area contributed by atoms with Gasteiger partial charge < -0.3 is 25.2 Å². The van der Waals surface area contributed by atoms with Crippen molar-refractivity contribution in [1.82, 2.24) is 10.6 Å². The van der Waals surface area contributed by atoms with Gasteiger partial charge in [0.2, 0.25) is 0 Å². The minimum Gasteiger partial charge on any atom is -0.490 e. The second-order valence-corrected chi connectivity index (χ2v) is 9.20. The highest BCUT2D eigenvalue weighted by Gasteiger charge is 2.26. The lowest BCUT2D eigenvalue weighted by atomic mass is 9.87. The number of para-hydroxylation sites is 1. The van der Waals surface area contributed by atoms with E-state index in [9.17, 15) is 19.6 Å². The lowest BCUT2D eigenvalue weighted by molar-refractivity contribution is -0.143. The van der Waals surface area contributed by atoms with Gasteiger partial charge in [0.1, 0.15) is 23.3 Å². The third kappa shape index (κ3) is 7.58. The van der Waals surface area contributed by atoms with Gasteiger partial charge in [-0.2, -0.15) is 5.26 Å². The third-order valence-corrected chi connectivity index (χ3v) is 6.49. The van der Waals surface area contributed by atoms with Gasteiger partial charge in [-0.05, 0) is 86.3 Å². The van der Waals surface area contributed by atoms with Crippen LogP contribution in [-0.4, -0.2) is 42.1 Å². The van der Waals surface area contributed by atoms with E-state index in [1.165, 1.54) is 0 Å².